The van der Waals surface area contributed by atoms with Gasteiger partial charge in [-0.05, 0) is 39.1 Å². The van der Waals surface area contributed by atoms with E-state index in [-0.39, 0.29) is 0 Å². The third-order valence-electron chi connectivity index (χ3n) is 1.01. The molecule has 0 aromatic heterocycles. The maximum atomic E-state index is 5.68. The quantitative estimate of drug-likeness (QED) is 0.377. The Hall–Kier alpha value is 0.0469. The van der Waals surface area contributed by atoms with E-state index in [2.05, 4.69) is 19.6 Å². The van der Waals surface area contributed by atoms with Crippen LogP contribution < -0.4 is 0 Å². The second kappa shape index (κ2) is 4.83. The summed E-state index contributed by atoms with van der Waals surface area (Å²) < 4.78 is 5.68. The van der Waals surface area contributed by atoms with Gasteiger partial charge in [-0.25, -0.2) is 0 Å². The summed E-state index contributed by atoms with van der Waals surface area (Å²) in [6.45, 7) is 8.51. The molecule has 0 heterocycles. The van der Waals surface area contributed by atoms with Gasteiger partial charge >= 0.3 is 0 Å². The summed E-state index contributed by atoms with van der Waals surface area (Å²) in [6, 6.07) is 0. The van der Waals surface area contributed by atoms with E-state index in [9.17, 15) is 0 Å². The van der Waals surface area contributed by atoms with Crippen molar-refractivity contribution in [2.75, 3.05) is 5.88 Å². The van der Waals surface area contributed by atoms with E-state index in [1.165, 1.54) is 0 Å². The fourth-order valence-corrected chi connectivity index (χ4v) is 1.94. The molecule has 0 aliphatic heterocycles. The van der Waals surface area contributed by atoms with Crippen LogP contribution >= 0.6 is 11.6 Å². The minimum Gasteiger partial charge on any atom is -0.548 e. The van der Waals surface area contributed by atoms with Gasteiger partial charge in [0.2, 0.25) is 8.32 Å². The molecule has 0 aromatic rings. The minimum absolute atomic E-state index is 0.673. The molecule has 0 aliphatic rings. The molecule has 0 rings (SSSR count). The van der Waals surface area contributed by atoms with Crippen molar-refractivity contribution >= 4 is 19.9 Å². The van der Waals surface area contributed by atoms with Crippen LogP contribution in [-0.2, 0) is 4.43 Å². The lowest BCUT2D eigenvalue weighted by atomic mass is 10.4. The zero-order valence-corrected chi connectivity index (χ0v) is 9.53. The summed E-state index contributed by atoms with van der Waals surface area (Å²) >= 11 is 5.53. The van der Waals surface area contributed by atoms with Crippen molar-refractivity contribution in [3.05, 3.63) is 11.8 Å². The predicted molar refractivity (Wildman–Crippen MR) is 53.5 cm³/mol. The summed E-state index contributed by atoms with van der Waals surface area (Å²) in [5.41, 5.74) is 0. The highest BCUT2D eigenvalue weighted by Gasteiger charge is 2.15. The van der Waals surface area contributed by atoms with Gasteiger partial charge in [-0.15, -0.1) is 11.6 Å². The van der Waals surface area contributed by atoms with Crippen molar-refractivity contribution in [2.45, 2.75) is 33.0 Å². The van der Waals surface area contributed by atoms with E-state index < -0.39 is 8.32 Å². The van der Waals surface area contributed by atoms with Crippen molar-refractivity contribution < 1.29 is 4.43 Å². The molecule has 0 saturated heterocycles. The van der Waals surface area contributed by atoms with Crippen LogP contribution in [0.25, 0.3) is 0 Å². The highest BCUT2D eigenvalue weighted by atomic mass is 35.5. The van der Waals surface area contributed by atoms with E-state index in [4.69, 9.17) is 16.0 Å². The molecule has 0 bridgehead atoms. The molecule has 0 N–H and O–H groups in total. The van der Waals surface area contributed by atoms with Gasteiger partial charge < -0.3 is 4.43 Å². The summed E-state index contributed by atoms with van der Waals surface area (Å²) in [4.78, 5) is 0. The first kappa shape index (κ1) is 11.0. The molecule has 11 heavy (non-hydrogen) atoms. The predicted octanol–water partition coefficient (Wildman–Crippen LogP) is 3.37. The molecule has 0 aliphatic carbocycles. The van der Waals surface area contributed by atoms with Gasteiger partial charge in [0.1, 0.15) is 0 Å². The van der Waals surface area contributed by atoms with Gasteiger partial charge in [0, 0.05) is 5.88 Å². The average Bonchev–Trinajstić information content (AvgIpc) is 1.79. The zero-order valence-electron chi connectivity index (χ0n) is 7.78. The zero-order chi connectivity index (χ0) is 8.91. The summed E-state index contributed by atoms with van der Waals surface area (Å²) in [5, 5.41) is 0. The molecule has 0 radical (unpaired) electrons. The molecule has 3 heteroatoms. The largest absolute Gasteiger partial charge is 0.548 e. The van der Waals surface area contributed by atoms with Crippen molar-refractivity contribution in [1.82, 2.24) is 0 Å². The second-order valence-electron chi connectivity index (χ2n) is 3.51. The average molecular weight is 193 g/mol. The number of halogens is 1. The molecular weight excluding hydrogens is 176 g/mol. The number of alkyl halides is 1. The molecular formula is C8H17ClOSi. The van der Waals surface area contributed by atoms with Crippen molar-refractivity contribution in [1.29, 1.82) is 0 Å². The fourth-order valence-electron chi connectivity index (χ4n) is 0.782. The van der Waals surface area contributed by atoms with Crippen LogP contribution in [0.3, 0.4) is 0 Å². The Kier molecular flexibility index (Phi) is 4.85. The third kappa shape index (κ3) is 7.95. The maximum Gasteiger partial charge on any atom is 0.241 e. The first-order valence-electron chi connectivity index (χ1n) is 3.87. The van der Waals surface area contributed by atoms with Crippen molar-refractivity contribution in [3.63, 3.8) is 0 Å². The standard InChI is InChI=1S/C8H17ClOSi/c1-8(6-5-7-9)10-11(2,3)4/h6H,5,7H2,1-4H3/b8-6+. The van der Waals surface area contributed by atoms with Crippen LogP contribution in [0.5, 0.6) is 0 Å². The van der Waals surface area contributed by atoms with Gasteiger partial charge in [0.15, 0.2) is 0 Å². The molecule has 0 aromatic carbocycles. The second-order valence-corrected chi connectivity index (χ2v) is 8.31. The minimum atomic E-state index is -1.38. The molecule has 0 spiro atoms. The smallest absolute Gasteiger partial charge is 0.241 e. The number of allylic oxidation sites excluding steroid dienone is 2. The Morgan fingerprint density at radius 2 is 2.00 bits per heavy atom. The van der Waals surface area contributed by atoms with Crippen LogP contribution in [0.1, 0.15) is 13.3 Å². The first-order chi connectivity index (χ1) is 4.95. The van der Waals surface area contributed by atoms with Gasteiger partial charge in [-0.1, -0.05) is 0 Å². The number of rotatable bonds is 4. The van der Waals surface area contributed by atoms with Crippen molar-refractivity contribution in [2.24, 2.45) is 0 Å². The van der Waals surface area contributed by atoms with Crippen LogP contribution in [-0.4, -0.2) is 14.2 Å². The van der Waals surface area contributed by atoms with Crippen LogP contribution in [0.4, 0.5) is 0 Å². The summed E-state index contributed by atoms with van der Waals surface area (Å²) in [7, 11) is -1.38. The molecule has 0 unspecified atom stereocenters. The highest BCUT2D eigenvalue weighted by Crippen LogP contribution is 2.10. The first-order valence-corrected chi connectivity index (χ1v) is 7.82. The number of hydrogen-bond donors (Lipinski definition) is 0. The van der Waals surface area contributed by atoms with Gasteiger partial charge in [0.05, 0.1) is 5.76 Å². The molecule has 1 nitrogen and oxygen atoms in total. The van der Waals surface area contributed by atoms with E-state index in [0.29, 0.717) is 5.88 Å². The Morgan fingerprint density at radius 3 is 2.36 bits per heavy atom. The van der Waals surface area contributed by atoms with Crippen LogP contribution in [0.2, 0.25) is 19.6 Å². The lowest BCUT2D eigenvalue weighted by molar-refractivity contribution is 0.422. The van der Waals surface area contributed by atoms with Crippen LogP contribution in [0.15, 0.2) is 11.8 Å². The third-order valence-corrected chi connectivity index (χ3v) is 2.16. The lowest BCUT2D eigenvalue weighted by Gasteiger charge is -2.19. The molecule has 66 valence electrons. The molecule has 0 amide bonds. The molecule has 0 fully saturated rings. The van der Waals surface area contributed by atoms with Crippen LogP contribution in [0, 0.1) is 0 Å². The van der Waals surface area contributed by atoms with E-state index in [1.54, 1.807) is 0 Å². The Bertz CT molecular complexity index is 138. The highest BCUT2D eigenvalue weighted by molar-refractivity contribution is 6.70. The summed E-state index contributed by atoms with van der Waals surface area (Å²) in [5.74, 6) is 1.69. The summed E-state index contributed by atoms with van der Waals surface area (Å²) in [6.07, 6.45) is 2.95. The van der Waals surface area contributed by atoms with Gasteiger partial charge in [-0.2, -0.15) is 0 Å². The van der Waals surface area contributed by atoms with Gasteiger partial charge in [-0.3, -0.25) is 0 Å². The maximum absolute atomic E-state index is 5.68. The Balaban J connectivity index is 3.76. The Morgan fingerprint density at radius 1 is 1.45 bits per heavy atom. The SMILES string of the molecule is C/C(=C\CCCl)O[Si](C)(C)C. The van der Waals surface area contributed by atoms with Crippen molar-refractivity contribution in [3.8, 4) is 0 Å². The normalized spacial score (nSPS) is 13.4. The molecule has 0 atom stereocenters. The fraction of sp³-hybridized carbons (Fsp3) is 0.750. The van der Waals surface area contributed by atoms with Gasteiger partial charge in [0.25, 0.3) is 0 Å². The molecule has 0 saturated carbocycles. The number of hydrogen-bond acceptors (Lipinski definition) is 1. The van der Waals surface area contributed by atoms with E-state index in [0.717, 1.165) is 12.2 Å². The lowest BCUT2D eigenvalue weighted by Crippen LogP contribution is -2.24. The Labute approximate surface area is 75.5 Å². The monoisotopic (exact) mass is 192 g/mol. The van der Waals surface area contributed by atoms with E-state index in [1.807, 2.05) is 13.0 Å². The van der Waals surface area contributed by atoms with E-state index >= 15 is 0 Å². The topological polar surface area (TPSA) is 9.23 Å².